The molecule has 218 valence electrons. The van der Waals surface area contributed by atoms with Gasteiger partial charge < -0.3 is 29.4 Å². The number of hydrogen-bond acceptors (Lipinski definition) is 14. The molecule has 6 heterocycles. The van der Waals surface area contributed by atoms with Crippen LogP contribution < -0.4 is 5.73 Å². The van der Waals surface area contributed by atoms with Gasteiger partial charge in [-0.25, -0.2) is 19.5 Å². The fraction of sp³-hybridized carbons (Fsp3) is 0.455. The molecule has 0 radical (unpaired) electrons. The number of imidazole rings is 1. The van der Waals surface area contributed by atoms with E-state index in [9.17, 15) is 9.67 Å². The van der Waals surface area contributed by atoms with Crippen molar-refractivity contribution in [1.29, 1.82) is 0 Å². The number of anilines is 1. The fourth-order valence-electron chi connectivity index (χ4n) is 4.63. The summed E-state index contributed by atoms with van der Waals surface area (Å²) in [5.41, 5.74) is 4.12. The van der Waals surface area contributed by atoms with Crippen molar-refractivity contribution in [3.8, 4) is 11.8 Å². The molecule has 0 amide bonds. The largest absolute Gasteiger partial charge is 0.387 e. The fourth-order valence-corrected chi connectivity index (χ4v) is 8.10. The molecule has 2 bridgehead atoms. The zero-order valence-electron chi connectivity index (χ0n) is 20.9. The molecule has 14 nitrogen and oxygen atoms in total. The minimum atomic E-state index is -3.98. The van der Waals surface area contributed by atoms with E-state index < -0.39 is 55.3 Å². The second kappa shape index (κ2) is 11.8. The van der Waals surface area contributed by atoms with E-state index in [1.54, 1.807) is 29.1 Å². The van der Waals surface area contributed by atoms with E-state index in [1.165, 1.54) is 12.7 Å². The highest BCUT2D eigenvalue weighted by Crippen LogP contribution is 2.59. The number of aliphatic hydroxyl groups is 1. The van der Waals surface area contributed by atoms with Gasteiger partial charge in [0.1, 0.15) is 54.7 Å². The molecule has 0 aromatic carbocycles. The molecular formula is C22H24N6O8P2S3. The number of thiol groups is 2. The zero-order chi connectivity index (χ0) is 28.8. The van der Waals surface area contributed by atoms with Crippen molar-refractivity contribution in [2.75, 3.05) is 18.9 Å². The Kier molecular flexibility index (Phi) is 8.47. The van der Waals surface area contributed by atoms with Gasteiger partial charge in [-0.2, -0.15) is 0 Å². The van der Waals surface area contributed by atoms with Gasteiger partial charge in [-0.3, -0.25) is 18.6 Å². The maximum absolute atomic E-state index is 13.3. The normalized spacial score (nSPS) is 37.8. The molecule has 6 rings (SSSR count). The van der Waals surface area contributed by atoms with E-state index in [1.807, 2.05) is 0 Å². The Hall–Kier alpha value is -1.64. The molecule has 3 aliphatic heterocycles. The van der Waals surface area contributed by atoms with Gasteiger partial charge >= 0.3 is 6.80 Å². The molecule has 2 unspecified atom stereocenters. The van der Waals surface area contributed by atoms with Crippen molar-refractivity contribution in [2.45, 2.75) is 49.3 Å². The molecule has 19 heteroatoms. The van der Waals surface area contributed by atoms with Crippen LogP contribution in [0.2, 0.25) is 0 Å². The number of fused-ring (bicyclic) bond motifs is 4. The maximum Gasteiger partial charge on any atom is 0.386 e. The Labute approximate surface area is 249 Å². The number of pyridine rings is 1. The van der Waals surface area contributed by atoms with Gasteiger partial charge in [0, 0.05) is 24.4 Å². The van der Waals surface area contributed by atoms with Crippen LogP contribution in [-0.4, -0.2) is 79.4 Å². The smallest absolute Gasteiger partial charge is 0.386 e. The quantitative estimate of drug-likeness (QED) is 0.170. The number of ether oxygens (including phenoxy) is 2. The van der Waals surface area contributed by atoms with E-state index in [0.717, 1.165) is 0 Å². The van der Waals surface area contributed by atoms with Gasteiger partial charge in [-0.05, 0) is 23.9 Å². The number of hydrogen-bond donors (Lipinski definition) is 4. The summed E-state index contributed by atoms with van der Waals surface area (Å²) in [5.74, 6) is 6.09. The number of aromatic nitrogens is 5. The topological polar surface area (TPSA) is 175 Å². The van der Waals surface area contributed by atoms with Crippen LogP contribution in [0.25, 0.3) is 11.2 Å². The number of nitrogens with zero attached hydrogens (tertiary/aromatic N) is 5. The second-order valence-electron chi connectivity index (χ2n) is 9.29. The van der Waals surface area contributed by atoms with Crippen molar-refractivity contribution in [2.24, 2.45) is 0 Å². The zero-order valence-corrected chi connectivity index (χ0v) is 25.3. The van der Waals surface area contributed by atoms with Crippen LogP contribution in [-0.2, 0) is 43.9 Å². The van der Waals surface area contributed by atoms with Crippen molar-refractivity contribution in [1.82, 2.24) is 24.5 Å². The van der Waals surface area contributed by atoms with Crippen molar-refractivity contribution < 1.29 is 37.2 Å². The van der Waals surface area contributed by atoms with Crippen molar-refractivity contribution >= 4 is 65.8 Å². The summed E-state index contributed by atoms with van der Waals surface area (Å²) in [5, 5.41) is 11.0. The van der Waals surface area contributed by atoms with Gasteiger partial charge in [0.25, 0.3) is 0 Å². The van der Waals surface area contributed by atoms with Crippen LogP contribution in [0.5, 0.6) is 0 Å². The van der Waals surface area contributed by atoms with E-state index in [-0.39, 0.29) is 25.5 Å². The highest BCUT2D eigenvalue weighted by atomic mass is 32.9. The van der Waals surface area contributed by atoms with Crippen LogP contribution in [0.3, 0.4) is 0 Å². The predicted octanol–water partition coefficient (Wildman–Crippen LogP) is 2.28. The first kappa shape index (κ1) is 29.4. The van der Waals surface area contributed by atoms with Gasteiger partial charge in [-0.15, -0.1) is 0 Å². The summed E-state index contributed by atoms with van der Waals surface area (Å²) in [7, 11) is 0. The molecule has 3 aliphatic rings. The van der Waals surface area contributed by atoms with Crippen LogP contribution in [0.1, 0.15) is 18.2 Å². The standard InChI is InChI=1S/C22H24N6O8P2S3/c23-21-18-22(26-10-25-21)28(11-27-18)17-6-14-15(34-17)8-32-38(40,41)36-20-13(4-3-12-2-1-5-24-7-12)33-16(19(20)29)9-31-37(30,39)35-14/h1-2,5,7,10-11,13-17,19-20,29H,6,8-9H2,(H,30,39)(H,40,41)(H2,23,25,26)/t13-,14-,15+,16+,17+,19+,20-,37?/m0/s1. The maximum atomic E-state index is 13.3. The van der Waals surface area contributed by atoms with Crippen LogP contribution in [0.4, 0.5) is 5.82 Å². The SMILES string of the molecule is Nc1ncnc2c1ncn2[C@H]1C[C@@H]2OP(=O)(S)OC[C@H]3O[C@@H](C#Cc4cccnc4)[C@H](OP(=S)(S)OC[C@H]2O1)[C@@H]3O. The first-order valence-electron chi connectivity index (χ1n) is 12.2. The lowest BCUT2D eigenvalue weighted by molar-refractivity contribution is -0.0381. The third kappa shape index (κ3) is 6.50. The van der Waals surface area contributed by atoms with Crippen LogP contribution in [0.15, 0.2) is 37.2 Å². The first-order chi connectivity index (χ1) is 19.6. The van der Waals surface area contributed by atoms with Gasteiger partial charge in [-0.1, -0.05) is 36.3 Å². The minimum absolute atomic E-state index is 0.140. The molecule has 3 aromatic rings. The van der Waals surface area contributed by atoms with Gasteiger partial charge in [0.05, 0.1) is 19.5 Å². The molecule has 41 heavy (non-hydrogen) atoms. The molecule has 3 N–H and O–H groups in total. The Bertz CT molecular complexity index is 1590. The average Bonchev–Trinajstić information content (AvgIpc) is 3.62. The molecule has 0 saturated carbocycles. The lowest BCUT2D eigenvalue weighted by atomic mass is 10.1. The summed E-state index contributed by atoms with van der Waals surface area (Å²) in [6, 6.07) is 3.51. The monoisotopic (exact) mass is 658 g/mol. The van der Waals surface area contributed by atoms with Crippen molar-refractivity contribution in [3.05, 3.63) is 42.7 Å². The predicted molar refractivity (Wildman–Crippen MR) is 156 cm³/mol. The molecule has 3 saturated heterocycles. The van der Waals surface area contributed by atoms with Gasteiger partial charge in [0.2, 0.25) is 5.69 Å². The van der Waals surface area contributed by atoms with E-state index in [0.29, 0.717) is 16.7 Å². The summed E-state index contributed by atoms with van der Waals surface area (Å²) in [6.45, 7) is -4.45. The van der Waals surface area contributed by atoms with Crippen LogP contribution >= 0.6 is 37.0 Å². The summed E-state index contributed by atoms with van der Waals surface area (Å²) in [6.07, 6.45) is -0.148. The Morgan fingerprint density at radius 1 is 1.12 bits per heavy atom. The second-order valence-corrected chi connectivity index (χ2v) is 17.4. The summed E-state index contributed by atoms with van der Waals surface area (Å²) >= 11 is 14.2. The summed E-state index contributed by atoms with van der Waals surface area (Å²) in [4.78, 5) is 16.5. The van der Waals surface area contributed by atoms with E-state index >= 15 is 0 Å². The molecular weight excluding hydrogens is 634 g/mol. The average molecular weight is 659 g/mol. The van der Waals surface area contributed by atoms with Crippen LogP contribution in [0, 0.1) is 11.8 Å². The number of aliphatic hydroxyl groups excluding tert-OH is 1. The van der Waals surface area contributed by atoms with E-state index in [4.69, 9.17) is 45.1 Å². The summed E-state index contributed by atoms with van der Waals surface area (Å²) < 4.78 is 50.4. The minimum Gasteiger partial charge on any atom is -0.387 e. The number of nitrogens with two attached hydrogens (primary N) is 1. The Morgan fingerprint density at radius 3 is 2.76 bits per heavy atom. The third-order valence-electron chi connectivity index (χ3n) is 6.56. The van der Waals surface area contributed by atoms with Crippen molar-refractivity contribution in [3.63, 3.8) is 0 Å². The van der Waals surface area contributed by atoms with Gasteiger partial charge in [0.15, 0.2) is 11.5 Å². The highest BCUT2D eigenvalue weighted by Gasteiger charge is 2.49. The molecule has 3 aromatic heterocycles. The lowest BCUT2D eigenvalue weighted by Gasteiger charge is -2.26. The number of rotatable bonds is 1. The molecule has 0 aliphatic carbocycles. The highest BCUT2D eigenvalue weighted by molar-refractivity contribution is 8.60. The Morgan fingerprint density at radius 2 is 1.95 bits per heavy atom. The number of nitrogen functional groups attached to an aromatic ring is 1. The van der Waals surface area contributed by atoms with E-state index in [2.05, 4.69) is 56.3 Å². The lowest BCUT2D eigenvalue weighted by Crippen LogP contribution is -2.35. The third-order valence-corrected chi connectivity index (χ3v) is 10.4. The molecule has 0 spiro atoms. The first-order valence-corrected chi connectivity index (χ1v) is 18.7. The Balaban J connectivity index is 1.25. The molecule has 3 fully saturated rings. The molecule has 9 atom stereocenters.